The molecule has 5 nitrogen and oxygen atoms in total. The Labute approximate surface area is 74.3 Å². The van der Waals surface area contributed by atoms with Gasteiger partial charge in [-0.25, -0.2) is 15.0 Å². The van der Waals surface area contributed by atoms with E-state index in [9.17, 15) is 0 Å². The highest BCUT2D eigenvalue weighted by Gasteiger charge is 2.04. The van der Waals surface area contributed by atoms with Crippen molar-refractivity contribution in [1.29, 1.82) is 5.26 Å². The zero-order chi connectivity index (χ0) is 9.10. The molecule has 2 heterocycles. The van der Waals surface area contributed by atoms with E-state index in [0.717, 1.165) is 0 Å². The van der Waals surface area contributed by atoms with Crippen LogP contribution in [0.3, 0.4) is 0 Å². The molecule has 0 bridgehead atoms. The largest absolute Gasteiger partial charge is 0.288 e. The van der Waals surface area contributed by atoms with Crippen molar-refractivity contribution >= 4 is 0 Å². The van der Waals surface area contributed by atoms with Crippen LogP contribution in [0.2, 0.25) is 0 Å². The van der Waals surface area contributed by atoms with E-state index in [2.05, 4.69) is 15.0 Å². The average Bonchev–Trinajstić information content (AvgIpc) is 2.70. The van der Waals surface area contributed by atoms with Crippen molar-refractivity contribution in [3.05, 3.63) is 36.8 Å². The van der Waals surface area contributed by atoms with Crippen LogP contribution in [0.15, 0.2) is 31.1 Å². The fourth-order valence-electron chi connectivity index (χ4n) is 0.983. The van der Waals surface area contributed by atoms with Crippen LogP contribution in [0.25, 0.3) is 5.82 Å². The topological polar surface area (TPSA) is 67.4 Å². The number of nitrogens with zero attached hydrogens (tertiary/aromatic N) is 5. The van der Waals surface area contributed by atoms with E-state index < -0.39 is 0 Å². The Balaban J connectivity index is 2.59. The van der Waals surface area contributed by atoms with Gasteiger partial charge in [-0.3, -0.25) is 4.57 Å². The van der Waals surface area contributed by atoms with Crippen LogP contribution in [-0.2, 0) is 0 Å². The summed E-state index contributed by atoms with van der Waals surface area (Å²) in [6, 6.07) is 1.96. The first kappa shape index (κ1) is 7.43. The summed E-state index contributed by atoms with van der Waals surface area (Å²) >= 11 is 0. The third-order valence-corrected chi connectivity index (χ3v) is 1.53. The van der Waals surface area contributed by atoms with Gasteiger partial charge in [0.1, 0.15) is 12.4 Å². The van der Waals surface area contributed by atoms with Gasteiger partial charge in [-0.05, 0) is 0 Å². The van der Waals surface area contributed by atoms with Crippen molar-refractivity contribution in [2.24, 2.45) is 0 Å². The summed E-state index contributed by atoms with van der Waals surface area (Å²) in [6.07, 6.45) is 7.93. The zero-order valence-corrected chi connectivity index (χ0v) is 6.62. The van der Waals surface area contributed by atoms with E-state index in [1.165, 1.54) is 12.4 Å². The van der Waals surface area contributed by atoms with Gasteiger partial charge < -0.3 is 0 Å². The molecule has 0 saturated heterocycles. The maximum absolute atomic E-state index is 8.73. The molecule has 62 valence electrons. The lowest BCUT2D eigenvalue weighted by Crippen LogP contribution is -1.99. The molecule has 0 aliphatic heterocycles. The Morgan fingerprint density at radius 2 is 2.08 bits per heavy atom. The molecule has 0 spiro atoms. The fraction of sp³-hybridized carbons (Fsp3) is 0. The number of rotatable bonds is 1. The van der Waals surface area contributed by atoms with Crippen molar-refractivity contribution in [2.75, 3.05) is 0 Å². The SMILES string of the molecule is N#Cc1nccnc1-n1ccnc1. The van der Waals surface area contributed by atoms with E-state index in [-0.39, 0.29) is 0 Å². The van der Waals surface area contributed by atoms with Gasteiger partial charge in [0.25, 0.3) is 0 Å². The summed E-state index contributed by atoms with van der Waals surface area (Å²) in [6.45, 7) is 0. The standard InChI is InChI=1S/C8H5N5/c9-5-7-8(12-2-1-11-7)13-4-3-10-6-13/h1-4,6H. The lowest BCUT2D eigenvalue weighted by atomic mass is 10.4. The molecule has 2 aromatic heterocycles. The maximum Gasteiger partial charge on any atom is 0.183 e. The smallest absolute Gasteiger partial charge is 0.183 e. The molecular formula is C8H5N5. The molecular weight excluding hydrogens is 166 g/mol. The maximum atomic E-state index is 8.73. The predicted octanol–water partition coefficient (Wildman–Crippen LogP) is 0.534. The third-order valence-electron chi connectivity index (χ3n) is 1.53. The summed E-state index contributed by atoms with van der Waals surface area (Å²) in [5.41, 5.74) is 0.292. The molecule has 5 heteroatoms. The van der Waals surface area contributed by atoms with Crippen LogP contribution >= 0.6 is 0 Å². The fourth-order valence-corrected chi connectivity index (χ4v) is 0.983. The van der Waals surface area contributed by atoms with Crippen LogP contribution in [0.4, 0.5) is 0 Å². The quantitative estimate of drug-likeness (QED) is 0.627. The van der Waals surface area contributed by atoms with Gasteiger partial charge in [-0.2, -0.15) is 5.26 Å². The Kier molecular flexibility index (Phi) is 1.73. The van der Waals surface area contributed by atoms with Gasteiger partial charge in [-0.15, -0.1) is 0 Å². The van der Waals surface area contributed by atoms with Gasteiger partial charge in [0.05, 0.1) is 0 Å². The second-order valence-electron chi connectivity index (χ2n) is 2.31. The third kappa shape index (κ3) is 1.25. The summed E-state index contributed by atoms with van der Waals surface area (Å²) in [4.78, 5) is 11.8. The molecule has 0 N–H and O–H groups in total. The van der Waals surface area contributed by atoms with Crippen LogP contribution in [-0.4, -0.2) is 19.5 Å². The second-order valence-corrected chi connectivity index (χ2v) is 2.31. The van der Waals surface area contributed by atoms with E-state index in [0.29, 0.717) is 11.5 Å². The lowest BCUT2D eigenvalue weighted by molar-refractivity contribution is 0.958. The molecule has 0 fully saturated rings. The van der Waals surface area contributed by atoms with Crippen LogP contribution in [0.1, 0.15) is 5.69 Å². The number of hydrogen-bond acceptors (Lipinski definition) is 4. The lowest BCUT2D eigenvalue weighted by Gasteiger charge is -1.99. The summed E-state index contributed by atoms with van der Waals surface area (Å²) < 4.78 is 1.64. The monoisotopic (exact) mass is 171 g/mol. The van der Waals surface area contributed by atoms with Gasteiger partial charge in [0, 0.05) is 24.8 Å². The molecule has 0 atom stereocenters. The molecule has 2 aromatic rings. The Hall–Kier alpha value is -2.22. The summed E-state index contributed by atoms with van der Waals surface area (Å²) in [5, 5.41) is 8.73. The zero-order valence-electron chi connectivity index (χ0n) is 6.62. The number of aromatic nitrogens is 4. The van der Waals surface area contributed by atoms with Crippen molar-refractivity contribution < 1.29 is 0 Å². The summed E-state index contributed by atoms with van der Waals surface area (Å²) in [7, 11) is 0. The molecule has 0 amide bonds. The number of hydrogen-bond donors (Lipinski definition) is 0. The molecule has 0 aliphatic carbocycles. The van der Waals surface area contributed by atoms with Crippen LogP contribution < -0.4 is 0 Å². The van der Waals surface area contributed by atoms with E-state index in [4.69, 9.17) is 5.26 Å². The Bertz CT molecular complexity index is 440. The van der Waals surface area contributed by atoms with Crippen molar-refractivity contribution in [2.45, 2.75) is 0 Å². The predicted molar refractivity (Wildman–Crippen MR) is 43.9 cm³/mol. The minimum absolute atomic E-state index is 0.292. The van der Waals surface area contributed by atoms with Crippen LogP contribution in [0.5, 0.6) is 0 Å². The minimum atomic E-state index is 0.292. The van der Waals surface area contributed by atoms with Gasteiger partial charge in [0.15, 0.2) is 11.5 Å². The van der Waals surface area contributed by atoms with E-state index >= 15 is 0 Å². The molecule has 0 unspecified atom stereocenters. The Morgan fingerprint density at radius 3 is 2.77 bits per heavy atom. The van der Waals surface area contributed by atoms with Crippen molar-refractivity contribution in [1.82, 2.24) is 19.5 Å². The van der Waals surface area contributed by atoms with Crippen LogP contribution in [0, 0.1) is 11.3 Å². The van der Waals surface area contributed by atoms with Gasteiger partial charge >= 0.3 is 0 Å². The van der Waals surface area contributed by atoms with Crippen molar-refractivity contribution in [3.63, 3.8) is 0 Å². The highest BCUT2D eigenvalue weighted by molar-refractivity contribution is 5.36. The average molecular weight is 171 g/mol. The van der Waals surface area contributed by atoms with E-state index in [1.54, 1.807) is 23.3 Å². The van der Waals surface area contributed by atoms with E-state index in [1.807, 2.05) is 6.07 Å². The highest BCUT2D eigenvalue weighted by atomic mass is 15.1. The Morgan fingerprint density at radius 1 is 1.23 bits per heavy atom. The molecule has 13 heavy (non-hydrogen) atoms. The molecule has 0 radical (unpaired) electrons. The van der Waals surface area contributed by atoms with Crippen molar-refractivity contribution in [3.8, 4) is 11.9 Å². The molecule has 2 rings (SSSR count). The highest BCUT2D eigenvalue weighted by Crippen LogP contribution is 2.05. The number of nitriles is 1. The number of imidazole rings is 1. The summed E-state index contributed by atoms with van der Waals surface area (Å²) in [5.74, 6) is 0.502. The first-order valence-corrected chi connectivity index (χ1v) is 3.61. The van der Waals surface area contributed by atoms with Gasteiger partial charge in [0.2, 0.25) is 0 Å². The first-order valence-electron chi connectivity index (χ1n) is 3.61. The first-order chi connectivity index (χ1) is 6.42. The van der Waals surface area contributed by atoms with Gasteiger partial charge in [-0.1, -0.05) is 0 Å². The molecule has 0 aromatic carbocycles. The molecule has 0 aliphatic rings. The normalized spacial score (nSPS) is 9.46. The molecule has 0 saturated carbocycles. The second kappa shape index (κ2) is 3.03. The minimum Gasteiger partial charge on any atom is -0.288 e.